The molecule has 1 aliphatic rings. The SMILES string of the molecule is C[Si]1(C)c2ccccc2-c2c(-c3cccc(-c4ccccc4)c3)nc(-c3ccc(-c4cccc(-c5ccc(-c6cc(-c7ccccc7)cc(-c7ccccc7)c6)cc5)c4)cc3)nc21. The van der Waals surface area contributed by atoms with Gasteiger partial charge in [-0.3, -0.25) is 0 Å². The van der Waals surface area contributed by atoms with E-state index in [-0.39, 0.29) is 0 Å². The number of aromatic nitrogens is 2. The molecule has 0 N–H and O–H groups in total. The number of rotatable bonds is 8. The molecule has 11 rings (SSSR count). The average molecular weight is 821 g/mol. The summed E-state index contributed by atoms with van der Waals surface area (Å²) in [5.74, 6) is 0.771. The maximum Gasteiger partial charge on any atom is 0.159 e. The standard InChI is InChI=1S/C60H44N2Si/c1-63(2)56-27-13-12-26-55(56)57-58(51-25-15-24-50(37-51)41-16-6-3-7-17-41)61-59(62-60(57)63)47-34-32-45(33-35-47)49-23-14-22-48(36-49)44-28-30-46(31-29-44)54-39-52(42-18-8-4-9-19-42)38-53(40-54)43-20-10-5-11-21-43/h3-40H,1-2H3. The molecule has 298 valence electrons. The number of hydrogen-bond acceptors (Lipinski definition) is 2. The molecule has 1 aliphatic heterocycles. The molecule has 0 atom stereocenters. The molecular weight excluding hydrogens is 777 g/mol. The van der Waals surface area contributed by atoms with Gasteiger partial charge in [0.1, 0.15) is 8.07 Å². The van der Waals surface area contributed by atoms with Gasteiger partial charge < -0.3 is 0 Å². The smallest absolute Gasteiger partial charge is 0.159 e. The predicted octanol–water partition coefficient (Wildman–Crippen LogP) is 14.6. The van der Waals surface area contributed by atoms with Crippen LogP contribution in [0.25, 0.3) is 101 Å². The number of hydrogen-bond donors (Lipinski definition) is 0. The fraction of sp³-hybridized carbons (Fsp3) is 0.0333. The van der Waals surface area contributed by atoms with Crippen molar-refractivity contribution in [3.63, 3.8) is 0 Å². The van der Waals surface area contributed by atoms with Crippen molar-refractivity contribution in [3.8, 4) is 101 Å². The van der Waals surface area contributed by atoms with Crippen LogP contribution in [0.15, 0.2) is 231 Å². The number of benzene rings is 9. The van der Waals surface area contributed by atoms with Crippen LogP contribution >= 0.6 is 0 Å². The summed E-state index contributed by atoms with van der Waals surface area (Å²) >= 11 is 0. The van der Waals surface area contributed by atoms with Gasteiger partial charge in [-0.2, -0.15) is 0 Å². The summed E-state index contributed by atoms with van der Waals surface area (Å²) in [7, 11) is -2.10. The van der Waals surface area contributed by atoms with Gasteiger partial charge in [-0.05, 0) is 108 Å². The Labute approximate surface area is 370 Å². The lowest BCUT2D eigenvalue weighted by Crippen LogP contribution is -2.50. The molecule has 9 aromatic carbocycles. The maximum absolute atomic E-state index is 5.43. The highest BCUT2D eigenvalue weighted by molar-refractivity contribution is 7.03. The van der Waals surface area contributed by atoms with E-state index in [9.17, 15) is 0 Å². The molecule has 2 nitrogen and oxygen atoms in total. The first-order valence-electron chi connectivity index (χ1n) is 21.7. The number of nitrogens with zero attached hydrogens (tertiary/aromatic N) is 2. The summed E-state index contributed by atoms with van der Waals surface area (Å²) in [6, 6.07) is 83.1. The fourth-order valence-corrected chi connectivity index (χ4v) is 12.2. The Balaban J connectivity index is 0.914. The van der Waals surface area contributed by atoms with E-state index in [1.165, 1.54) is 82.8 Å². The minimum atomic E-state index is -2.10. The van der Waals surface area contributed by atoms with E-state index < -0.39 is 8.07 Å². The molecule has 0 aliphatic carbocycles. The van der Waals surface area contributed by atoms with Crippen LogP contribution in [-0.2, 0) is 0 Å². The molecule has 0 bridgehead atoms. The van der Waals surface area contributed by atoms with Gasteiger partial charge in [-0.15, -0.1) is 0 Å². The Bertz CT molecular complexity index is 3210. The first-order chi connectivity index (χ1) is 31.0. The van der Waals surface area contributed by atoms with Gasteiger partial charge in [0.2, 0.25) is 0 Å². The second kappa shape index (κ2) is 16.0. The van der Waals surface area contributed by atoms with Crippen molar-refractivity contribution in [1.82, 2.24) is 9.97 Å². The zero-order valence-electron chi connectivity index (χ0n) is 35.3. The van der Waals surface area contributed by atoms with E-state index in [1.54, 1.807) is 0 Å². The second-order valence-electron chi connectivity index (χ2n) is 17.0. The largest absolute Gasteiger partial charge is 0.237 e. The third-order valence-corrected chi connectivity index (χ3v) is 16.0. The Kier molecular flexibility index (Phi) is 9.68. The lowest BCUT2D eigenvalue weighted by molar-refractivity contribution is 1.21. The first-order valence-corrected chi connectivity index (χ1v) is 24.7. The van der Waals surface area contributed by atoms with Gasteiger partial charge in [-0.25, -0.2) is 9.97 Å². The Morgan fingerprint density at radius 1 is 0.286 bits per heavy atom. The molecule has 0 fully saturated rings. The lowest BCUT2D eigenvalue weighted by atomic mass is 9.92. The van der Waals surface area contributed by atoms with Crippen molar-refractivity contribution >= 4 is 18.6 Å². The first kappa shape index (κ1) is 38.2. The Morgan fingerprint density at radius 2 is 0.635 bits per heavy atom. The zero-order valence-corrected chi connectivity index (χ0v) is 36.3. The van der Waals surface area contributed by atoms with Crippen LogP contribution in [0.4, 0.5) is 0 Å². The summed E-state index contributed by atoms with van der Waals surface area (Å²) in [5.41, 5.74) is 19.9. The maximum atomic E-state index is 5.43. The summed E-state index contributed by atoms with van der Waals surface area (Å²) in [5, 5.41) is 2.63. The molecule has 3 heteroatoms. The van der Waals surface area contributed by atoms with Gasteiger partial charge in [0.05, 0.1) is 5.69 Å². The summed E-state index contributed by atoms with van der Waals surface area (Å²) in [4.78, 5) is 10.9. The highest BCUT2D eigenvalue weighted by Gasteiger charge is 2.41. The molecule has 10 aromatic rings. The summed E-state index contributed by atoms with van der Waals surface area (Å²) in [6.45, 7) is 4.85. The van der Waals surface area contributed by atoms with Crippen molar-refractivity contribution in [2.24, 2.45) is 0 Å². The highest BCUT2D eigenvalue weighted by Crippen LogP contribution is 2.39. The van der Waals surface area contributed by atoms with Crippen molar-refractivity contribution in [2.45, 2.75) is 13.1 Å². The molecule has 0 unspecified atom stereocenters. The topological polar surface area (TPSA) is 25.8 Å². The van der Waals surface area contributed by atoms with Gasteiger partial charge in [0, 0.05) is 22.0 Å². The molecule has 0 spiro atoms. The van der Waals surface area contributed by atoms with E-state index in [4.69, 9.17) is 9.97 Å². The molecule has 0 saturated heterocycles. The monoisotopic (exact) mass is 820 g/mol. The average Bonchev–Trinajstić information content (AvgIpc) is 3.60. The van der Waals surface area contributed by atoms with E-state index >= 15 is 0 Å². The molecule has 0 saturated carbocycles. The molecule has 0 amide bonds. The third kappa shape index (κ3) is 7.23. The fourth-order valence-electron chi connectivity index (χ4n) is 9.29. The molecule has 63 heavy (non-hydrogen) atoms. The van der Waals surface area contributed by atoms with E-state index in [0.29, 0.717) is 0 Å². The summed E-state index contributed by atoms with van der Waals surface area (Å²) in [6.07, 6.45) is 0. The normalized spacial score (nSPS) is 12.4. The Morgan fingerprint density at radius 3 is 1.14 bits per heavy atom. The van der Waals surface area contributed by atoms with E-state index in [1.807, 2.05) is 0 Å². The lowest BCUT2D eigenvalue weighted by Gasteiger charge is -2.19. The minimum Gasteiger partial charge on any atom is -0.237 e. The van der Waals surface area contributed by atoms with Crippen molar-refractivity contribution < 1.29 is 0 Å². The zero-order chi connectivity index (χ0) is 42.3. The third-order valence-electron chi connectivity index (χ3n) is 12.7. The summed E-state index contributed by atoms with van der Waals surface area (Å²) < 4.78 is 0. The number of fused-ring (bicyclic) bond motifs is 3. The highest BCUT2D eigenvalue weighted by atomic mass is 28.3. The molecular formula is C60H44N2Si. The molecule has 1 aromatic heterocycles. The predicted molar refractivity (Wildman–Crippen MR) is 268 cm³/mol. The van der Waals surface area contributed by atoms with Crippen LogP contribution in [0.2, 0.25) is 13.1 Å². The van der Waals surface area contributed by atoms with Crippen LogP contribution in [0, 0.1) is 0 Å². The van der Waals surface area contributed by atoms with Gasteiger partial charge >= 0.3 is 0 Å². The molecule has 2 heterocycles. The van der Waals surface area contributed by atoms with Crippen LogP contribution in [0.3, 0.4) is 0 Å². The van der Waals surface area contributed by atoms with Gasteiger partial charge in [0.25, 0.3) is 0 Å². The van der Waals surface area contributed by atoms with Crippen molar-refractivity contribution in [2.75, 3.05) is 0 Å². The quantitative estimate of drug-likeness (QED) is 0.143. The van der Waals surface area contributed by atoms with Crippen LogP contribution < -0.4 is 10.5 Å². The van der Waals surface area contributed by atoms with Gasteiger partial charge in [-0.1, -0.05) is 213 Å². The van der Waals surface area contributed by atoms with Gasteiger partial charge in [0.15, 0.2) is 5.82 Å². The van der Waals surface area contributed by atoms with E-state index in [2.05, 4.69) is 244 Å². The van der Waals surface area contributed by atoms with Crippen molar-refractivity contribution in [1.29, 1.82) is 0 Å². The second-order valence-corrected chi connectivity index (χ2v) is 21.3. The van der Waals surface area contributed by atoms with E-state index in [0.717, 1.165) is 28.2 Å². The Hall–Kier alpha value is -7.72. The molecule has 0 radical (unpaired) electrons. The van der Waals surface area contributed by atoms with Crippen LogP contribution in [-0.4, -0.2) is 18.0 Å². The van der Waals surface area contributed by atoms with Crippen LogP contribution in [0.5, 0.6) is 0 Å². The van der Waals surface area contributed by atoms with Crippen LogP contribution in [0.1, 0.15) is 0 Å². The van der Waals surface area contributed by atoms with Crippen molar-refractivity contribution in [3.05, 3.63) is 231 Å². The minimum absolute atomic E-state index is 0.771.